The van der Waals surface area contributed by atoms with E-state index in [2.05, 4.69) is 4.98 Å². The van der Waals surface area contributed by atoms with E-state index in [1.165, 1.54) is 17.6 Å². The lowest BCUT2D eigenvalue weighted by atomic mass is 10.3. The number of benzene rings is 1. The minimum Gasteiger partial charge on any atom is -0.486 e. The summed E-state index contributed by atoms with van der Waals surface area (Å²) < 4.78 is 11.0. The van der Waals surface area contributed by atoms with Gasteiger partial charge in [0.2, 0.25) is 0 Å². The molecule has 0 saturated heterocycles. The third-order valence-corrected chi connectivity index (χ3v) is 5.18. The van der Waals surface area contributed by atoms with E-state index in [4.69, 9.17) is 20.8 Å². The van der Waals surface area contributed by atoms with E-state index >= 15 is 0 Å². The van der Waals surface area contributed by atoms with Gasteiger partial charge >= 0.3 is 0 Å². The molecule has 1 aliphatic carbocycles. The fourth-order valence-corrected chi connectivity index (χ4v) is 3.54. The van der Waals surface area contributed by atoms with Gasteiger partial charge in [-0.15, -0.1) is 11.3 Å². The molecule has 0 atom stereocenters. The van der Waals surface area contributed by atoms with Crippen molar-refractivity contribution in [3.63, 3.8) is 0 Å². The summed E-state index contributed by atoms with van der Waals surface area (Å²) in [4.78, 5) is 19.1. The summed E-state index contributed by atoms with van der Waals surface area (Å²) in [5.74, 6) is 1.00. The molecule has 134 valence electrons. The molecule has 0 spiro atoms. The Labute approximate surface area is 160 Å². The number of halogens is 1. The van der Waals surface area contributed by atoms with E-state index in [9.17, 15) is 4.79 Å². The molecule has 1 amide bonds. The number of ether oxygens (including phenoxy) is 1. The Balaban J connectivity index is 1.39. The van der Waals surface area contributed by atoms with Gasteiger partial charge in [0.25, 0.3) is 5.91 Å². The van der Waals surface area contributed by atoms with Crippen LogP contribution >= 0.6 is 22.9 Å². The first-order valence-electron chi connectivity index (χ1n) is 8.35. The topological polar surface area (TPSA) is 55.6 Å². The zero-order chi connectivity index (χ0) is 17.9. The van der Waals surface area contributed by atoms with Crippen LogP contribution in [0.3, 0.4) is 0 Å². The molecule has 1 aromatic carbocycles. The van der Waals surface area contributed by atoms with Crippen molar-refractivity contribution in [1.82, 2.24) is 9.88 Å². The molecule has 1 fully saturated rings. The summed E-state index contributed by atoms with van der Waals surface area (Å²) in [6.07, 6.45) is 3.58. The Kier molecular flexibility index (Phi) is 4.95. The lowest BCUT2D eigenvalue weighted by molar-refractivity contribution is 0.0695. The lowest BCUT2D eigenvalue weighted by Gasteiger charge is -2.20. The number of carbonyl (C=O) groups is 1. The van der Waals surface area contributed by atoms with Crippen molar-refractivity contribution in [3.05, 3.63) is 69.5 Å². The Bertz CT molecular complexity index is 890. The molecule has 26 heavy (non-hydrogen) atoms. The van der Waals surface area contributed by atoms with Crippen molar-refractivity contribution < 1.29 is 13.9 Å². The van der Waals surface area contributed by atoms with Gasteiger partial charge in [0.05, 0.1) is 18.5 Å². The van der Waals surface area contributed by atoms with E-state index in [1.54, 1.807) is 24.3 Å². The summed E-state index contributed by atoms with van der Waals surface area (Å²) in [5, 5.41) is 3.47. The highest BCUT2D eigenvalue weighted by molar-refractivity contribution is 7.09. The van der Waals surface area contributed by atoms with Crippen LogP contribution in [0.25, 0.3) is 0 Å². The van der Waals surface area contributed by atoms with Gasteiger partial charge < -0.3 is 14.1 Å². The van der Waals surface area contributed by atoms with Gasteiger partial charge in [-0.05, 0) is 43.2 Å². The number of hydrogen-bond donors (Lipinski definition) is 0. The van der Waals surface area contributed by atoms with Crippen LogP contribution in [-0.2, 0) is 13.2 Å². The van der Waals surface area contributed by atoms with Crippen molar-refractivity contribution in [2.75, 3.05) is 0 Å². The largest absolute Gasteiger partial charge is 0.486 e. The summed E-state index contributed by atoms with van der Waals surface area (Å²) >= 11 is 7.48. The minimum atomic E-state index is -0.0813. The predicted octanol–water partition coefficient (Wildman–Crippen LogP) is 4.77. The van der Waals surface area contributed by atoms with Gasteiger partial charge in [-0.1, -0.05) is 17.7 Å². The van der Waals surface area contributed by atoms with Crippen LogP contribution in [0.2, 0.25) is 5.02 Å². The van der Waals surface area contributed by atoms with E-state index in [0.29, 0.717) is 29.7 Å². The molecule has 0 N–H and O–H groups in total. The average Bonchev–Trinajstić information content (AvgIpc) is 3.15. The van der Waals surface area contributed by atoms with E-state index in [0.717, 1.165) is 23.5 Å². The SMILES string of the molecule is O=C(c1ccco1)N(Cc1csc(COc2cccc(Cl)c2)n1)C1CC1. The van der Waals surface area contributed by atoms with Gasteiger partial charge in [-0.25, -0.2) is 4.98 Å². The Morgan fingerprint density at radius 3 is 2.96 bits per heavy atom. The predicted molar refractivity (Wildman–Crippen MR) is 99.5 cm³/mol. The molecule has 0 aliphatic heterocycles. The fraction of sp³-hybridized carbons (Fsp3) is 0.263. The first-order valence-corrected chi connectivity index (χ1v) is 9.61. The molecule has 5 nitrogen and oxygen atoms in total. The zero-order valence-corrected chi connectivity index (χ0v) is 15.5. The summed E-state index contributed by atoms with van der Waals surface area (Å²) in [6, 6.07) is 11.0. The number of hydrogen-bond acceptors (Lipinski definition) is 5. The standard InChI is InChI=1S/C19H17ClN2O3S/c20-13-3-1-4-16(9-13)25-11-18-21-14(12-26-18)10-22(15-6-7-15)19(23)17-5-2-8-24-17/h1-5,8-9,12,15H,6-7,10-11H2. The molecule has 0 unspecified atom stereocenters. The molecular formula is C19H17ClN2O3S. The molecule has 1 saturated carbocycles. The molecule has 7 heteroatoms. The van der Waals surface area contributed by atoms with Gasteiger partial charge in [-0.2, -0.15) is 0 Å². The van der Waals surface area contributed by atoms with E-state index in [-0.39, 0.29) is 11.9 Å². The maximum absolute atomic E-state index is 12.6. The van der Waals surface area contributed by atoms with Gasteiger partial charge in [0, 0.05) is 16.4 Å². The summed E-state index contributed by atoms with van der Waals surface area (Å²) in [7, 11) is 0. The molecule has 2 aromatic heterocycles. The second kappa shape index (κ2) is 7.51. The van der Waals surface area contributed by atoms with Crippen LogP contribution in [0.1, 0.15) is 34.1 Å². The summed E-state index contributed by atoms with van der Waals surface area (Å²) in [5.41, 5.74) is 0.867. The lowest BCUT2D eigenvalue weighted by Crippen LogP contribution is -2.32. The molecular weight excluding hydrogens is 372 g/mol. The minimum absolute atomic E-state index is 0.0813. The highest BCUT2D eigenvalue weighted by atomic mass is 35.5. The number of rotatable bonds is 7. The normalized spacial score (nSPS) is 13.6. The fourth-order valence-electron chi connectivity index (χ4n) is 2.66. The van der Waals surface area contributed by atoms with Crippen LogP contribution in [0, 0.1) is 0 Å². The first-order chi connectivity index (χ1) is 12.7. The van der Waals surface area contributed by atoms with E-state index < -0.39 is 0 Å². The Morgan fingerprint density at radius 1 is 1.35 bits per heavy atom. The van der Waals surface area contributed by atoms with Crippen molar-refractivity contribution in [1.29, 1.82) is 0 Å². The van der Waals surface area contributed by atoms with Crippen molar-refractivity contribution >= 4 is 28.8 Å². The first kappa shape index (κ1) is 17.1. The highest BCUT2D eigenvalue weighted by Crippen LogP contribution is 2.30. The molecule has 4 rings (SSSR count). The van der Waals surface area contributed by atoms with Crippen LogP contribution < -0.4 is 4.74 Å². The summed E-state index contributed by atoms with van der Waals surface area (Å²) in [6.45, 7) is 0.860. The number of thiazole rings is 1. The van der Waals surface area contributed by atoms with E-state index in [1.807, 2.05) is 22.4 Å². The maximum Gasteiger partial charge on any atom is 0.290 e. The number of aromatic nitrogens is 1. The van der Waals surface area contributed by atoms with Gasteiger partial charge in [0.15, 0.2) is 5.76 Å². The molecule has 2 heterocycles. The van der Waals surface area contributed by atoms with Crippen molar-refractivity contribution in [2.45, 2.75) is 32.0 Å². The molecule has 1 aliphatic rings. The maximum atomic E-state index is 12.6. The monoisotopic (exact) mass is 388 g/mol. The van der Waals surface area contributed by atoms with Crippen LogP contribution in [0.4, 0.5) is 0 Å². The number of carbonyl (C=O) groups excluding carboxylic acids is 1. The number of furan rings is 1. The second-order valence-corrected chi connectivity index (χ2v) is 7.50. The number of nitrogens with zero attached hydrogens (tertiary/aromatic N) is 2. The Hall–Kier alpha value is -2.31. The highest BCUT2D eigenvalue weighted by Gasteiger charge is 2.34. The second-order valence-electron chi connectivity index (χ2n) is 6.12. The molecule has 0 radical (unpaired) electrons. The third-order valence-electron chi connectivity index (χ3n) is 4.07. The quantitative estimate of drug-likeness (QED) is 0.584. The molecule has 0 bridgehead atoms. The van der Waals surface area contributed by atoms with Gasteiger partial charge in [-0.3, -0.25) is 4.79 Å². The zero-order valence-electron chi connectivity index (χ0n) is 13.9. The van der Waals surface area contributed by atoms with Crippen molar-refractivity contribution in [2.24, 2.45) is 0 Å². The van der Waals surface area contributed by atoms with Crippen LogP contribution in [-0.4, -0.2) is 21.8 Å². The van der Waals surface area contributed by atoms with Crippen LogP contribution in [0.15, 0.2) is 52.5 Å². The third kappa shape index (κ3) is 4.08. The van der Waals surface area contributed by atoms with Gasteiger partial charge in [0.1, 0.15) is 17.4 Å². The van der Waals surface area contributed by atoms with Crippen molar-refractivity contribution in [3.8, 4) is 5.75 Å². The Morgan fingerprint density at radius 2 is 2.23 bits per heavy atom. The smallest absolute Gasteiger partial charge is 0.290 e. The van der Waals surface area contributed by atoms with Crippen LogP contribution in [0.5, 0.6) is 5.75 Å². The number of amides is 1. The average molecular weight is 389 g/mol. The molecule has 3 aromatic rings.